The minimum absolute atomic E-state index is 0.00533. The molecule has 1 aromatic carbocycles. The van der Waals surface area contributed by atoms with Gasteiger partial charge in [0, 0.05) is 7.05 Å². The van der Waals surface area contributed by atoms with E-state index >= 15 is 0 Å². The number of rotatable bonds is 5. The molecule has 0 aliphatic rings. The monoisotopic (exact) mass is 324 g/mol. The van der Waals surface area contributed by atoms with Crippen LogP contribution in [0.5, 0.6) is 0 Å². The van der Waals surface area contributed by atoms with Gasteiger partial charge in [-0.05, 0) is 24.0 Å². The number of sulfonamides is 1. The fraction of sp³-hybridized carbons (Fsp3) is 0.467. The Labute approximate surface area is 131 Å². The van der Waals surface area contributed by atoms with Crippen molar-refractivity contribution in [2.75, 3.05) is 7.05 Å². The zero-order valence-electron chi connectivity index (χ0n) is 13.1. The molecule has 1 atom stereocenters. The van der Waals surface area contributed by atoms with E-state index in [1.807, 2.05) is 26.8 Å². The Kier molecular flexibility index (Phi) is 5.33. The Morgan fingerprint density at radius 3 is 2.36 bits per heavy atom. The number of aliphatic carboxylic acids is 1. The molecule has 0 aliphatic carbocycles. The molecule has 0 aromatic heterocycles. The smallest absolute Gasteiger partial charge is 0.322 e. The third-order valence-electron chi connectivity index (χ3n) is 3.19. The molecule has 1 N–H and O–H groups in total. The van der Waals surface area contributed by atoms with Crippen molar-refractivity contribution >= 4 is 16.0 Å². The lowest BCUT2D eigenvalue weighted by atomic mass is 9.88. The summed E-state index contributed by atoms with van der Waals surface area (Å²) in [5.74, 6) is -1.21. The lowest BCUT2D eigenvalue weighted by molar-refractivity contribution is -0.142. The van der Waals surface area contributed by atoms with Crippen LogP contribution in [0.4, 0.5) is 0 Å². The molecular formula is C15H20N2O4S. The topological polar surface area (TPSA) is 98.5 Å². The summed E-state index contributed by atoms with van der Waals surface area (Å²) >= 11 is 0. The van der Waals surface area contributed by atoms with Crippen LogP contribution in [-0.4, -0.2) is 36.9 Å². The van der Waals surface area contributed by atoms with Gasteiger partial charge in [0.1, 0.15) is 12.1 Å². The quantitative estimate of drug-likeness (QED) is 0.894. The highest BCUT2D eigenvalue weighted by Gasteiger charge is 2.36. The normalized spacial score (nSPS) is 13.6. The summed E-state index contributed by atoms with van der Waals surface area (Å²) in [6.45, 7) is 5.52. The number of hydrogen-bond acceptors (Lipinski definition) is 4. The number of carboxylic acid groups (broad SMARTS) is 1. The maximum atomic E-state index is 12.7. The molecule has 0 saturated carbocycles. The van der Waals surface area contributed by atoms with Gasteiger partial charge in [0.2, 0.25) is 10.0 Å². The molecule has 0 aliphatic heterocycles. The fourth-order valence-corrected chi connectivity index (χ4v) is 3.51. The summed E-state index contributed by atoms with van der Waals surface area (Å²) in [6, 6.07) is 6.38. The Hall–Kier alpha value is -1.91. The Morgan fingerprint density at radius 2 is 1.91 bits per heavy atom. The van der Waals surface area contributed by atoms with E-state index in [0.29, 0.717) is 0 Å². The van der Waals surface area contributed by atoms with E-state index in [0.717, 1.165) is 4.31 Å². The van der Waals surface area contributed by atoms with Crippen LogP contribution in [0.1, 0.15) is 32.8 Å². The van der Waals surface area contributed by atoms with Gasteiger partial charge in [-0.2, -0.15) is 9.57 Å². The SMILES string of the molecule is CN(C(CC(C)(C)C)C(=O)O)S(=O)(=O)c1ccccc1C#N. The van der Waals surface area contributed by atoms with E-state index in [2.05, 4.69) is 0 Å². The molecular weight excluding hydrogens is 304 g/mol. The summed E-state index contributed by atoms with van der Waals surface area (Å²) in [5, 5.41) is 18.4. The maximum absolute atomic E-state index is 12.7. The molecule has 0 bridgehead atoms. The van der Waals surface area contributed by atoms with Crippen LogP contribution in [0, 0.1) is 16.7 Å². The second-order valence-electron chi connectivity index (χ2n) is 6.25. The molecule has 0 saturated heterocycles. The average Bonchev–Trinajstić information content (AvgIpc) is 2.42. The van der Waals surface area contributed by atoms with Gasteiger partial charge in [-0.25, -0.2) is 8.42 Å². The average molecular weight is 324 g/mol. The summed E-state index contributed by atoms with van der Waals surface area (Å²) in [6.07, 6.45) is 0.160. The van der Waals surface area contributed by atoms with E-state index in [-0.39, 0.29) is 22.3 Å². The number of nitriles is 1. The molecule has 0 fully saturated rings. The Morgan fingerprint density at radius 1 is 1.36 bits per heavy atom. The first-order chi connectivity index (χ1) is 10.0. The lowest BCUT2D eigenvalue weighted by Crippen LogP contribution is -2.44. The second kappa shape index (κ2) is 6.46. The number of hydrogen-bond donors (Lipinski definition) is 1. The van der Waals surface area contributed by atoms with Crippen LogP contribution >= 0.6 is 0 Å². The maximum Gasteiger partial charge on any atom is 0.322 e. The highest BCUT2D eigenvalue weighted by atomic mass is 32.2. The van der Waals surface area contributed by atoms with Crippen molar-refractivity contribution in [1.29, 1.82) is 5.26 Å². The van der Waals surface area contributed by atoms with Gasteiger partial charge in [-0.1, -0.05) is 32.9 Å². The third kappa shape index (κ3) is 4.06. The van der Waals surface area contributed by atoms with Crippen LogP contribution in [0.2, 0.25) is 0 Å². The summed E-state index contributed by atoms with van der Waals surface area (Å²) < 4.78 is 26.1. The summed E-state index contributed by atoms with van der Waals surface area (Å²) in [5.41, 5.74) is -0.365. The molecule has 0 spiro atoms. The molecule has 0 amide bonds. The van der Waals surface area contributed by atoms with Gasteiger partial charge in [0.25, 0.3) is 0 Å². The van der Waals surface area contributed by atoms with Crippen LogP contribution in [0.3, 0.4) is 0 Å². The standard InChI is InChI=1S/C15H20N2O4S/c1-15(2,3)9-12(14(18)19)17(4)22(20,21)13-8-6-5-7-11(13)10-16/h5-8,12H,9H2,1-4H3,(H,18,19). The van der Waals surface area contributed by atoms with Gasteiger partial charge in [-0.15, -0.1) is 0 Å². The summed E-state index contributed by atoms with van der Waals surface area (Å²) in [4.78, 5) is 11.3. The first-order valence-corrected chi connectivity index (χ1v) is 8.14. The Balaban J connectivity index is 3.31. The number of carboxylic acids is 1. The predicted octanol–water partition coefficient (Wildman–Crippen LogP) is 2.07. The van der Waals surface area contributed by atoms with E-state index in [1.54, 1.807) is 6.07 Å². The Bertz CT molecular complexity index is 699. The number of benzene rings is 1. The van der Waals surface area contributed by atoms with Crippen molar-refractivity contribution in [3.05, 3.63) is 29.8 Å². The van der Waals surface area contributed by atoms with Crippen molar-refractivity contribution < 1.29 is 18.3 Å². The third-order valence-corrected chi connectivity index (χ3v) is 5.12. The first-order valence-electron chi connectivity index (χ1n) is 6.70. The molecule has 0 radical (unpaired) electrons. The van der Waals surface area contributed by atoms with Crippen LogP contribution in [-0.2, 0) is 14.8 Å². The van der Waals surface area contributed by atoms with Crippen molar-refractivity contribution in [3.63, 3.8) is 0 Å². The minimum Gasteiger partial charge on any atom is -0.480 e. The highest BCUT2D eigenvalue weighted by Crippen LogP contribution is 2.27. The molecule has 120 valence electrons. The van der Waals surface area contributed by atoms with E-state index in [4.69, 9.17) is 5.26 Å². The van der Waals surface area contributed by atoms with Crippen molar-refractivity contribution in [1.82, 2.24) is 4.31 Å². The minimum atomic E-state index is -4.07. The van der Waals surface area contributed by atoms with Gasteiger partial charge >= 0.3 is 5.97 Å². The predicted molar refractivity (Wildman–Crippen MR) is 81.6 cm³/mol. The highest BCUT2D eigenvalue weighted by molar-refractivity contribution is 7.89. The van der Waals surface area contributed by atoms with E-state index in [1.165, 1.54) is 25.2 Å². The first kappa shape index (κ1) is 18.1. The van der Waals surface area contributed by atoms with Gasteiger partial charge in [-0.3, -0.25) is 4.79 Å². The van der Waals surface area contributed by atoms with Crippen LogP contribution < -0.4 is 0 Å². The van der Waals surface area contributed by atoms with Gasteiger partial charge < -0.3 is 5.11 Å². The molecule has 1 unspecified atom stereocenters. The number of carbonyl (C=O) groups is 1. The second-order valence-corrected chi connectivity index (χ2v) is 8.21. The number of likely N-dealkylation sites (N-methyl/N-ethyl adjacent to an activating group) is 1. The van der Waals surface area contributed by atoms with Gasteiger partial charge in [0.15, 0.2) is 0 Å². The van der Waals surface area contributed by atoms with Crippen molar-refractivity contribution in [3.8, 4) is 6.07 Å². The number of nitrogens with zero attached hydrogens (tertiary/aromatic N) is 2. The molecule has 0 heterocycles. The molecule has 7 heteroatoms. The fourth-order valence-electron chi connectivity index (χ4n) is 2.06. The lowest BCUT2D eigenvalue weighted by Gasteiger charge is -2.29. The van der Waals surface area contributed by atoms with Crippen molar-refractivity contribution in [2.45, 2.75) is 38.1 Å². The van der Waals surface area contributed by atoms with Crippen molar-refractivity contribution in [2.24, 2.45) is 5.41 Å². The van der Waals surface area contributed by atoms with E-state index < -0.39 is 22.0 Å². The van der Waals surface area contributed by atoms with Crippen LogP contribution in [0.25, 0.3) is 0 Å². The van der Waals surface area contributed by atoms with Gasteiger partial charge in [0.05, 0.1) is 10.5 Å². The molecule has 1 aromatic rings. The molecule has 1 rings (SSSR count). The molecule has 22 heavy (non-hydrogen) atoms. The van der Waals surface area contributed by atoms with Crippen LogP contribution in [0.15, 0.2) is 29.2 Å². The largest absolute Gasteiger partial charge is 0.480 e. The zero-order chi connectivity index (χ0) is 17.1. The summed E-state index contributed by atoms with van der Waals surface area (Å²) in [7, 11) is -2.84. The molecule has 6 nitrogen and oxygen atoms in total. The van der Waals surface area contributed by atoms with E-state index in [9.17, 15) is 18.3 Å². The zero-order valence-corrected chi connectivity index (χ0v) is 13.9.